The fourth-order valence-electron chi connectivity index (χ4n) is 0.547. The summed E-state index contributed by atoms with van der Waals surface area (Å²) in [5, 5.41) is 12.8. The van der Waals surface area contributed by atoms with Gasteiger partial charge in [-0.3, -0.25) is 5.32 Å². The summed E-state index contributed by atoms with van der Waals surface area (Å²) < 4.78 is 0. The third-order valence-corrected chi connectivity index (χ3v) is 1.94. The van der Waals surface area contributed by atoms with Crippen LogP contribution in [0.3, 0.4) is 0 Å². The molecule has 0 aromatic heterocycles. The highest BCUT2D eigenvalue weighted by molar-refractivity contribution is 7.99. The van der Waals surface area contributed by atoms with Gasteiger partial charge in [-0.05, 0) is 0 Å². The number of hydrogen-bond donors (Lipinski definition) is 2. The van der Waals surface area contributed by atoms with Crippen molar-refractivity contribution in [1.29, 1.82) is 0 Å². The summed E-state index contributed by atoms with van der Waals surface area (Å²) in [4.78, 5) is 11.4. The summed E-state index contributed by atoms with van der Waals surface area (Å²) in [6, 6.07) is -0.417. The smallest absolute Gasteiger partial charge is 0.0661 e. The monoisotopic (exact) mass is 192 g/mol. The number of carbonyl (C=O) groups excluding carboxylic acids is 1. The zero-order valence-electron chi connectivity index (χ0n) is 7.72. The van der Waals surface area contributed by atoms with Crippen LogP contribution in [0.1, 0.15) is 0 Å². The number of carboxylic acids is 1. The fourth-order valence-corrected chi connectivity index (χ4v) is 1.47. The van der Waals surface area contributed by atoms with Crippen LogP contribution in [0.2, 0.25) is 0 Å². The molecule has 0 saturated carbocycles. The van der Waals surface area contributed by atoms with Gasteiger partial charge in [-0.1, -0.05) is 0 Å². The number of rotatable bonds is 1. The second kappa shape index (κ2) is 6.28. The highest BCUT2D eigenvalue weighted by Crippen LogP contribution is 2.07. The quantitative estimate of drug-likeness (QED) is 0.470. The summed E-state index contributed by atoms with van der Waals surface area (Å²) in [7, 11) is 6.25. The van der Waals surface area contributed by atoms with Crippen LogP contribution in [0, 0.1) is 0 Å². The maximum absolute atomic E-state index is 10.0. The van der Waals surface area contributed by atoms with E-state index in [1.807, 2.05) is 0 Å². The summed E-state index contributed by atoms with van der Waals surface area (Å²) in [6.07, 6.45) is 0. The third kappa shape index (κ3) is 6.45. The maximum Gasteiger partial charge on any atom is 0.0661 e. The number of carboxylic acid groups (broad SMARTS) is 1. The molecule has 12 heavy (non-hydrogen) atoms. The molecule has 0 aromatic carbocycles. The molecule has 1 heterocycles. The fraction of sp³-hybridized carbons (Fsp3) is 0.857. The second-order valence-electron chi connectivity index (χ2n) is 3.09. The molecule has 1 rings (SSSR count). The van der Waals surface area contributed by atoms with Gasteiger partial charge in [0.05, 0.1) is 33.2 Å². The van der Waals surface area contributed by atoms with Crippen molar-refractivity contribution >= 4 is 17.7 Å². The van der Waals surface area contributed by atoms with E-state index in [9.17, 15) is 9.90 Å². The Labute approximate surface area is 77.3 Å². The Kier molecular flexibility index (Phi) is 6.14. The lowest BCUT2D eigenvalue weighted by atomic mass is 10.4. The van der Waals surface area contributed by atoms with Crippen molar-refractivity contribution in [2.75, 3.05) is 32.8 Å². The van der Waals surface area contributed by atoms with Crippen LogP contribution >= 0.6 is 11.8 Å². The van der Waals surface area contributed by atoms with E-state index in [0.29, 0.717) is 5.75 Å². The molecule has 0 amide bonds. The Bertz CT molecular complexity index is 133. The molecule has 1 unspecified atom stereocenters. The molecule has 1 saturated heterocycles. The van der Waals surface area contributed by atoms with Gasteiger partial charge in [0, 0.05) is 11.6 Å². The van der Waals surface area contributed by atoms with E-state index >= 15 is 0 Å². The SMILES string of the molecule is C[NH+](C)C.O=C([O-])C1CSCN1. The first-order valence-corrected chi connectivity index (χ1v) is 4.98. The number of nitrogens with one attached hydrogen (secondary N) is 2. The molecule has 1 aliphatic heterocycles. The predicted molar refractivity (Wildman–Crippen MR) is 48.0 cm³/mol. The molecule has 0 spiro atoms. The van der Waals surface area contributed by atoms with Gasteiger partial charge in [-0.25, -0.2) is 0 Å². The van der Waals surface area contributed by atoms with E-state index in [-0.39, 0.29) is 0 Å². The van der Waals surface area contributed by atoms with Crippen molar-refractivity contribution in [3.05, 3.63) is 0 Å². The van der Waals surface area contributed by atoms with Gasteiger partial charge in [0.25, 0.3) is 0 Å². The Morgan fingerprint density at radius 1 is 1.58 bits per heavy atom. The van der Waals surface area contributed by atoms with Crippen LogP contribution in [0.15, 0.2) is 0 Å². The van der Waals surface area contributed by atoms with Gasteiger partial charge < -0.3 is 14.8 Å². The van der Waals surface area contributed by atoms with Crippen LogP contribution < -0.4 is 15.3 Å². The summed E-state index contributed by atoms with van der Waals surface area (Å²) >= 11 is 1.58. The van der Waals surface area contributed by atoms with Crippen LogP contribution in [0.5, 0.6) is 0 Å². The van der Waals surface area contributed by atoms with E-state index in [4.69, 9.17) is 0 Å². The lowest BCUT2D eigenvalue weighted by Crippen LogP contribution is -3.02. The molecule has 5 heteroatoms. The largest absolute Gasteiger partial charge is 0.548 e. The summed E-state index contributed by atoms with van der Waals surface area (Å²) in [5.41, 5.74) is 0. The standard InChI is InChI=1S/C4H7NO2S.C3H9N/c6-4(7)3-1-8-2-5-3;1-4(2)3/h3,5H,1-2H2,(H,6,7);1-3H3. The Morgan fingerprint density at radius 2 is 2.08 bits per heavy atom. The number of aliphatic carboxylic acids is 1. The Morgan fingerprint density at radius 3 is 2.25 bits per heavy atom. The van der Waals surface area contributed by atoms with Gasteiger partial charge in [0.2, 0.25) is 0 Å². The van der Waals surface area contributed by atoms with Crippen molar-refractivity contribution < 1.29 is 14.8 Å². The molecule has 1 fully saturated rings. The zero-order chi connectivity index (χ0) is 9.56. The minimum Gasteiger partial charge on any atom is -0.548 e. The van der Waals surface area contributed by atoms with Crippen LogP contribution in [0.4, 0.5) is 0 Å². The van der Waals surface area contributed by atoms with Gasteiger partial charge in [-0.15, -0.1) is 11.8 Å². The first-order valence-electron chi connectivity index (χ1n) is 3.82. The lowest BCUT2D eigenvalue weighted by molar-refractivity contribution is -0.836. The van der Waals surface area contributed by atoms with Crippen molar-refractivity contribution in [3.8, 4) is 0 Å². The van der Waals surface area contributed by atoms with E-state index in [0.717, 1.165) is 5.88 Å². The van der Waals surface area contributed by atoms with E-state index in [1.165, 1.54) is 4.90 Å². The number of thioether (sulfide) groups is 1. The topological polar surface area (TPSA) is 56.6 Å². The second-order valence-corrected chi connectivity index (χ2v) is 4.12. The highest BCUT2D eigenvalue weighted by atomic mass is 32.2. The molecule has 0 aromatic rings. The van der Waals surface area contributed by atoms with Crippen LogP contribution in [-0.4, -0.2) is 44.8 Å². The zero-order valence-corrected chi connectivity index (χ0v) is 8.53. The molecule has 0 bridgehead atoms. The first-order chi connectivity index (χ1) is 5.54. The van der Waals surface area contributed by atoms with E-state index < -0.39 is 12.0 Å². The minimum absolute atomic E-state index is 0.417. The molecule has 4 nitrogen and oxygen atoms in total. The predicted octanol–water partition coefficient (Wildman–Crippen LogP) is -2.84. The Balaban J connectivity index is 0.000000261. The van der Waals surface area contributed by atoms with Crippen LogP contribution in [-0.2, 0) is 4.79 Å². The molecule has 0 radical (unpaired) electrons. The third-order valence-electron chi connectivity index (χ3n) is 1.00. The molecule has 72 valence electrons. The number of quaternary nitrogens is 1. The van der Waals surface area contributed by atoms with Gasteiger partial charge in [0.1, 0.15) is 0 Å². The highest BCUT2D eigenvalue weighted by Gasteiger charge is 2.13. The lowest BCUT2D eigenvalue weighted by Gasteiger charge is -2.07. The van der Waals surface area contributed by atoms with Crippen LogP contribution in [0.25, 0.3) is 0 Å². The Hall–Kier alpha value is -0.260. The van der Waals surface area contributed by atoms with Crippen molar-refractivity contribution in [2.24, 2.45) is 0 Å². The van der Waals surface area contributed by atoms with E-state index in [2.05, 4.69) is 26.5 Å². The minimum atomic E-state index is -0.991. The molecule has 0 aliphatic carbocycles. The van der Waals surface area contributed by atoms with E-state index in [1.54, 1.807) is 11.8 Å². The normalized spacial score (nSPS) is 21.8. The molecule has 1 atom stereocenters. The first kappa shape index (κ1) is 11.7. The molecule has 2 N–H and O–H groups in total. The average molecular weight is 192 g/mol. The van der Waals surface area contributed by atoms with Crippen molar-refractivity contribution in [1.82, 2.24) is 5.32 Å². The molecular weight excluding hydrogens is 176 g/mol. The van der Waals surface area contributed by atoms with Gasteiger partial charge >= 0.3 is 0 Å². The number of hydrogen-bond acceptors (Lipinski definition) is 4. The van der Waals surface area contributed by atoms with Crippen molar-refractivity contribution in [2.45, 2.75) is 6.04 Å². The summed E-state index contributed by atoms with van der Waals surface area (Å²) in [5.74, 6) is 0.385. The average Bonchev–Trinajstić information content (AvgIpc) is 2.34. The van der Waals surface area contributed by atoms with Gasteiger partial charge in [0.15, 0.2) is 0 Å². The molecule has 1 aliphatic rings. The van der Waals surface area contributed by atoms with Crippen molar-refractivity contribution in [3.63, 3.8) is 0 Å². The number of carbonyl (C=O) groups is 1. The maximum atomic E-state index is 10.0. The molecular formula is C7H16N2O2S. The summed E-state index contributed by atoms with van der Waals surface area (Å²) in [6.45, 7) is 0. The van der Waals surface area contributed by atoms with Gasteiger partial charge in [-0.2, -0.15) is 0 Å².